The van der Waals surface area contributed by atoms with Crippen LogP contribution in [-0.2, 0) is 10.0 Å². The second-order valence-electron chi connectivity index (χ2n) is 6.79. The van der Waals surface area contributed by atoms with Gasteiger partial charge in [0.2, 0.25) is 10.0 Å². The van der Waals surface area contributed by atoms with E-state index in [2.05, 4.69) is 16.1 Å². The number of thioether (sulfide) groups is 1. The third-order valence-electron chi connectivity index (χ3n) is 4.41. The molecule has 0 heterocycles. The molecule has 0 spiro atoms. The van der Waals surface area contributed by atoms with Crippen molar-refractivity contribution in [2.45, 2.75) is 35.2 Å². The largest absolute Gasteiger partial charge is 0.446 e. The Morgan fingerprint density at radius 1 is 1.31 bits per heavy atom. The molecule has 0 aliphatic heterocycles. The molecular formula is C15H14F3N3O3S2. The molecule has 1 aromatic rings. The predicted octanol–water partition coefficient (Wildman–Crippen LogP) is 2.85. The summed E-state index contributed by atoms with van der Waals surface area (Å²) in [6, 6.07) is 5.41. The number of sulfonamides is 1. The smallest absolute Gasteiger partial charge is 0.346 e. The lowest BCUT2D eigenvalue weighted by atomic mass is 9.40. The number of benzene rings is 1. The van der Waals surface area contributed by atoms with E-state index in [-0.39, 0.29) is 16.1 Å². The van der Waals surface area contributed by atoms with E-state index in [1.165, 1.54) is 0 Å². The van der Waals surface area contributed by atoms with Crippen LogP contribution in [0.2, 0.25) is 0 Å². The Bertz CT molecular complexity index is 903. The minimum Gasteiger partial charge on any atom is -0.346 e. The highest BCUT2D eigenvalue weighted by Gasteiger charge is 2.69. The van der Waals surface area contributed by atoms with Crippen molar-refractivity contribution in [1.82, 2.24) is 5.32 Å². The maximum Gasteiger partial charge on any atom is 0.446 e. The molecule has 3 aliphatic carbocycles. The Hall–Kier alpha value is -1.93. The van der Waals surface area contributed by atoms with Gasteiger partial charge in [-0.25, -0.2) is 8.42 Å². The standard InChI is InChI=1S/C15H14F3N3O3S2/c1-26(23,24)21-11-3-2-9(25-15(16,17)18)4-10(11)12(22)20-14-5-13(6-14,7-14)8-19/h2-4,21H,5-7H2,1H3,(H,20,22). The van der Waals surface area contributed by atoms with E-state index in [4.69, 9.17) is 5.26 Å². The van der Waals surface area contributed by atoms with Crippen LogP contribution in [0, 0.1) is 16.7 Å². The summed E-state index contributed by atoms with van der Waals surface area (Å²) in [6.07, 6.45) is 2.36. The molecule has 3 saturated carbocycles. The van der Waals surface area contributed by atoms with Gasteiger partial charge >= 0.3 is 5.51 Å². The number of carbonyl (C=O) groups excluding carboxylic acids is 1. The monoisotopic (exact) mass is 405 g/mol. The van der Waals surface area contributed by atoms with Gasteiger partial charge in [0.25, 0.3) is 5.91 Å². The van der Waals surface area contributed by atoms with Crippen molar-refractivity contribution in [3.8, 4) is 6.07 Å². The zero-order valence-corrected chi connectivity index (χ0v) is 15.1. The topological polar surface area (TPSA) is 99.1 Å². The molecule has 26 heavy (non-hydrogen) atoms. The number of carbonyl (C=O) groups is 1. The maximum absolute atomic E-state index is 12.6. The van der Waals surface area contributed by atoms with E-state index in [0.717, 1.165) is 24.5 Å². The SMILES string of the molecule is CS(=O)(=O)Nc1ccc(SC(F)(F)F)cc1C(=O)NC12CC(C#N)(C1)C2. The molecule has 0 radical (unpaired) electrons. The third-order valence-corrected chi connectivity index (χ3v) is 5.72. The van der Waals surface area contributed by atoms with Gasteiger partial charge in [-0.05, 0) is 49.2 Å². The molecule has 140 valence electrons. The maximum atomic E-state index is 12.6. The molecule has 2 bridgehead atoms. The Kier molecular flexibility index (Phi) is 4.19. The first-order valence-corrected chi connectivity index (χ1v) is 10.2. The molecule has 3 aliphatic rings. The summed E-state index contributed by atoms with van der Waals surface area (Å²) in [5, 5.41) is 11.8. The number of anilines is 1. The number of nitrogens with one attached hydrogen (secondary N) is 2. The first-order chi connectivity index (χ1) is 11.8. The first kappa shape index (κ1) is 18.8. The number of hydrogen-bond acceptors (Lipinski definition) is 5. The highest BCUT2D eigenvalue weighted by molar-refractivity contribution is 8.00. The lowest BCUT2D eigenvalue weighted by Gasteiger charge is -2.66. The van der Waals surface area contributed by atoms with E-state index in [0.29, 0.717) is 19.3 Å². The molecule has 0 unspecified atom stereocenters. The molecular weight excluding hydrogens is 391 g/mol. The summed E-state index contributed by atoms with van der Waals surface area (Å²) in [5.41, 5.74) is -5.76. The average Bonchev–Trinajstić information content (AvgIpc) is 2.39. The van der Waals surface area contributed by atoms with E-state index < -0.39 is 44.2 Å². The Balaban J connectivity index is 1.85. The summed E-state index contributed by atoms with van der Waals surface area (Å²) in [6.45, 7) is 0. The van der Waals surface area contributed by atoms with Crippen molar-refractivity contribution in [2.24, 2.45) is 5.41 Å². The summed E-state index contributed by atoms with van der Waals surface area (Å²) < 4.78 is 62.8. The average molecular weight is 405 g/mol. The molecule has 1 aromatic carbocycles. The number of hydrogen-bond donors (Lipinski definition) is 2. The lowest BCUT2D eigenvalue weighted by Crippen LogP contribution is -2.74. The van der Waals surface area contributed by atoms with Gasteiger partial charge in [-0.3, -0.25) is 9.52 Å². The summed E-state index contributed by atoms with van der Waals surface area (Å²) in [7, 11) is -3.72. The van der Waals surface area contributed by atoms with Crippen LogP contribution in [-0.4, -0.2) is 31.6 Å². The quantitative estimate of drug-likeness (QED) is 0.734. The third kappa shape index (κ3) is 3.76. The van der Waals surface area contributed by atoms with Crippen LogP contribution >= 0.6 is 11.8 Å². The fraction of sp³-hybridized carbons (Fsp3) is 0.467. The zero-order valence-electron chi connectivity index (χ0n) is 13.5. The van der Waals surface area contributed by atoms with E-state index in [1.54, 1.807) is 0 Å². The van der Waals surface area contributed by atoms with Crippen LogP contribution in [0.25, 0.3) is 0 Å². The molecule has 0 atom stereocenters. The van der Waals surface area contributed by atoms with Gasteiger partial charge in [-0.1, -0.05) is 0 Å². The van der Waals surface area contributed by atoms with Crippen molar-refractivity contribution in [2.75, 3.05) is 11.0 Å². The number of amides is 1. The number of halogens is 3. The normalized spacial score (nSPS) is 26.9. The van der Waals surface area contributed by atoms with Crippen LogP contribution in [0.5, 0.6) is 0 Å². The predicted molar refractivity (Wildman–Crippen MR) is 88.9 cm³/mol. The number of nitriles is 1. The van der Waals surface area contributed by atoms with Gasteiger partial charge < -0.3 is 5.32 Å². The van der Waals surface area contributed by atoms with Crippen molar-refractivity contribution >= 4 is 33.4 Å². The number of rotatable bonds is 5. The fourth-order valence-corrected chi connectivity index (χ4v) is 4.70. The van der Waals surface area contributed by atoms with Crippen LogP contribution in [0.4, 0.5) is 18.9 Å². The van der Waals surface area contributed by atoms with Gasteiger partial charge in [-0.2, -0.15) is 18.4 Å². The molecule has 1 amide bonds. The van der Waals surface area contributed by atoms with Gasteiger partial charge in [0.05, 0.1) is 29.0 Å². The zero-order chi connectivity index (χ0) is 19.4. The Labute approximate surface area is 152 Å². The van der Waals surface area contributed by atoms with Crippen molar-refractivity contribution < 1.29 is 26.4 Å². The molecule has 0 aromatic heterocycles. The van der Waals surface area contributed by atoms with E-state index in [9.17, 15) is 26.4 Å². The summed E-state index contributed by atoms with van der Waals surface area (Å²) in [4.78, 5) is 12.3. The molecule has 2 N–H and O–H groups in total. The van der Waals surface area contributed by atoms with Gasteiger partial charge in [0.1, 0.15) is 0 Å². The summed E-state index contributed by atoms with van der Waals surface area (Å²) >= 11 is -0.391. The van der Waals surface area contributed by atoms with Crippen LogP contribution < -0.4 is 10.0 Å². The molecule has 0 saturated heterocycles. The molecule has 11 heteroatoms. The van der Waals surface area contributed by atoms with Crippen LogP contribution in [0.15, 0.2) is 23.1 Å². The second kappa shape index (κ2) is 5.79. The van der Waals surface area contributed by atoms with Crippen molar-refractivity contribution in [3.63, 3.8) is 0 Å². The molecule has 6 nitrogen and oxygen atoms in total. The lowest BCUT2D eigenvalue weighted by molar-refractivity contribution is -0.102. The Morgan fingerprint density at radius 3 is 2.42 bits per heavy atom. The number of nitrogens with zero attached hydrogens (tertiary/aromatic N) is 1. The molecule has 3 fully saturated rings. The van der Waals surface area contributed by atoms with E-state index >= 15 is 0 Å². The van der Waals surface area contributed by atoms with Gasteiger partial charge in [0.15, 0.2) is 0 Å². The molecule has 4 rings (SSSR count). The van der Waals surface area contributed by atoms with Crippen LogP contribution in [0.3, 0.4) is 0 Å². The van der Waals surface area contributed by atoms with Crippen molar-refractivity contribution in [3.05, 3.63) is 23.8 Å². The highest BCUT2D eigenvalue weighted by Crippen LogP contribution is 2.66. The van der Waals surface area contributed by atoms with Gasteiger partial charge in [0, 0.05) is 10.4 Å². The Morgan fingerprint density at radius 2 is 1.92 bits per heavy atom. The van der Waals surface area contributed by atoms with Crippen molar-refractivity contribution in [1.29, 1.82) is 5.26 Å². The minimum absolute atomic E-state index is 0.0990. The summed E-state index contributed by atoms with van der Waals surface area (Å²) in [5.74, 6) is -0.674. The fourth-order valence-electron chi connectivity index (χ4n) is 3.54. The minimum atomic E-state index is -4.54. The number of alkyl halides is 3. The second-order valence-corrected chi connectivity index (χ2v) is 9.67. The van der Waals surface area contributed by atoms with E-state index in [1.807, 2.05) is 0 Å². The van der Waals surface area contributed by atoms with Gasteiger partial charge in [-0.15, -0.1) is 0 Å². The first-order valence-electron chi connectivity index (χ1n) is 7.46. The van der Waals surface area contributed by atoms with Crippen LogP contribution in [0.1, 0.15) is 29.6 Å². The highest BCUT2D eigenvalue weighted by atomic mass is 32.2.